The number of hydrogen-bond acceptors (Lipinski definition) is 6. The number of aryl methyl sites for hydroxylation is 2. The van der Waals surface area contributed by atoms with E-state index < -0.39 is 5.25 Å². The summed E-state index contributed by atoms with van der Waals surface area (Å²) in [5.41, 5.74) is 2.73. The van der Waals surface area contributed by atoms with Crippen LogP contribution in [0, 0.1) is 13.8 Å². The van der Waals surface area contributed by atoms with Crippen LogP contribution in [0.4, 0.5) is 5.69 Å². The van der Waals surface area contributed by atoms with Gasteiger partial charge in [-0.15, -0.1) is 11.3 Å². The van der Waals surface area contributed by atoms with E-state index in [0.29, 0.717) is 18.0 Å². The summed E-state index contributed by atoms with van der Waals surface area (Å²) >= 11 is 3.10. The maximum absolute atomic E-state index is 13.5. The number of carbonyl (C=O) groups is 1. The van der Waals surface area contributed by atoms with Crippen molar-refractivity contribution < 1.29 is 9.53 Å². The van der Waals surface area contributed by atoms with Crippen molar-refractivity contribution >= 4 is 44.9 Å². The quantitative estimate of drug-likeness (QED) is 0.270. The number of ether oxygens (including phenoxy) is 1. The van der Waals surface area contributed by atoms with E-state index in [-0.39, 0.29) is 5.91 Å². The van der Waals surface area contributed by atoms with Crippen molar-refractivity contribution in [2.45, 2.75) is 31.0 Å². The number of rotatable bonds is 7. The Hall–Kier alpha value is -2.90. The van der Waals surface area contributed by atoms with Crippen molar-refractivity contribution in [1.82, 2.24) is 9.97 Å². The van der Waals surface area contributed by atoms with Gasteiger partial charge in [0.05, 0.1) is 12.3 Å². The van der Waals surface area contributed by atoms with Crippen LogP contribution in [-0.2, 0) is 4.79 Å². The highest BCUT2D eigenvalue weighted by Crippen LogP contribution is 2.41. The lowest BCUT2D eigenvalue weighted by Gasteiger charge is -2.18. The molecular formula is C24H23N3O2S2. The van der Waals surface area contributed by atoms with Crippen molar-refractivity contribution in [2.24, 2.45) is 0 Å². The van der Waals surface area contributed by atoms with E-state index in [1.807, 2.05) is 61.5 Å². The molecule has 0 aliphatic rings. The second-order valence-corrected chi connectivity index (χ2v) is 9.27. The minimum Gasteiger partial charge on any atom is -0.492 e. The lowest BCUT2D eigenvalue weighted by molar-refractivity contribution is -0.115. The summed E-state index contributed by atoms with van der Waals surface area (Å²) in [6.45, 7) is 6.62. The van der Waals surface area contributed by atoms with Crippen LogP contribution < -0.4 is 10.1 Å². The first-order chi connectivity index (χ1) is 15.1. The Morgan fingerprint density at radius 1 is 1.10 bits per heavy atom. The molecule has 0 spiro atoms. The molecule has 1 N–H and O–H groups in total. The number of thiophene rings is 1. The summed E-state index contributed by atoms with van der Waals surface area (Å²) in [5, 5.41) is 4.42. The number of nitrogens with zero attached hydrogens (tertiary/aromatic N) is 2. The van der Waals surface area contributed by atoms with Gasteiger partial charge in [-0.05, 0) is 44.0 Å². The summed E-state index contributed by atoms with van der Waals surface area (Å²) in [5.74, 6) is 0.531. The average Bonchev–Trinajstić information content (AvgIpc) is 3.08. The van der Waals surface area contributed by atoms with E-state index in [4.69, 9.17) is 4.74 Å². The Morgan fingerprint density at radius 3 is 2.61 bits per heavy atom. The van der Waals surface area contributed by atoms with Gasteiger partial charge in [-0.1, -0.05) is 54.2 Å². The van der Waals surface area contributed by atoms with Crippen LogP contribution in [0.2, 0.25) is 0 Å². The van der Waals surface area contributed by atoms with Crippen molar-refractivity contribution in [3.05, 3.63) is 76.9 Å². The summed E-state index contributed by atoms with van der Waals surface area (Å²) in [7, 11) is 0. The van der Waals surface area contributed by atoms with Gasteiger partial charge in [0.1, 0.15) is 27.2 Å². The Bertz CT molecular complexity index is 1210. The number of para-hydroxylation sites is 2. The van der Waals surface area contributed by atoms with Crippen LogP contribution in [-0.4, -0.2) is 22.5 Å². The molecule has 7 heteroatoms. The van der Waals surface area contributed by atoms with Crippen LogP contribution in [0.1, 0.15) is 28.2 Å². The molecule has 0 bridgehead atoms. The second kappa shape index (κ2) is 9.49. The van der Waals surface area contributed by atoms with Crippen LogP contribution in [0.25, 0.3) is 10.2 Å². The molecule has 2 heterocycles. The summed E-state index contributed by atoms with van der Waals surface area (Å²) in [4.78, 5) is 24.6. The standard InChI is InChI=1S/C24H23N3O2S2/c1-4-29-19-13-9-8-12-18(19)27-22(28)21(17-10-6-5-7-11-17)31-24-20-15(2)16(3)30-23(20)25-14-26-24/h5-14,21H,4H2,1-3H3,(H,27,28)/t21-/m0/s1. The van der Waals surface area contributed by atoms with Crippen molar-refractivity contribution in [3.8, 4) is 5.75 Å². The second-order valence-electron chi connectivity index (χ2n) is 6.97. The molecule has 1 amide bonds. The van der Waals surface area contributed by atoms with Gasteiger partial charge in [0, 0.05) is 10.3 Å². The number of nitrogens with one attached hydrogen (secondary N) is 1. The maximum Gasteiger partial charge on any atom is 0.242 e. The Labute approximate surface area is 189 Å². The third kappa shape index (κ3) is 4.57. The average molecular weight is 450 g/mol. The number of anilines is 1. The van der Waals surface area contributed by atoms with Crippen LogP contribution in [0.15, 0.2) is 66.0 Å². The molecule has 31 heavy (non-hydrogen) atoms. The zero-order valence-corrected chi connectivity index (χ0v) is 19.2. The normalized spacial score (nSPS) is 12.0. The third-order valence-electron chi connectivity index (χ3n) is 4.95. The van der Waals surface area contributed by atoms with Gasteiger partial charge in [-0.25, -0.2) is 9.97 Å². The topological polar surface area (TPSA) is 64.1 Å². The van der Waals surface area contributed by atoms with Gasteiger partial charge in [0.2, 0.25) is 5.91 Å². The van der Waals surface area contributed by atoms with Gasteiger partial charge < -0.3 is 10.1 Å². The van der Waals surface area contributed by atoms with Crippen LogP contribution >= 0.6 is 23.1 Å². The molecular weight excluding hydrogens is 426 g/mol. The van der Waals surface area contributed by atoms with Gasteiger partial charge >= 0.3 is 0 Å². The summed E-state index contributed by atoms with van der Waals surface area (Å²) < 4.78 is 5.68. The highest BCUT2D eigenvalue weighted by atomic mass is 32.2. The first kappa shape index (κ1) is 21.3. The fraction of sp³-hybridized carbons (Fsp3) is 0.208. The molecule has 4 aromatic rings. The minimum atomic E-state index is -0.478. The van der Waals surface area contributed by atoms with E-state index >= 15 is 0 Å². The Kier molecular flexibility index (Phi) is 6.53. The summed E-state index contributed by atoms with van der Waals surface area (Å²) in [6, 6.07) is 17.3. The zero-order chi connectivity index (χ0) is 21.8. The fourth-order valence-electron chi connectivity index (χ4n) is 3.30. The molecule has 0 unspecified atom stereocenters. The molecule has 0 radical (unpaired) electrons. The molecule has 2 aromatic heterocycles. The SMILES string of the molecule is CCOc1ccccc1NC(=O)[C@@H](Sc1ncnc2sc(C)c(C)c12)c1ccccc1. The molecule has 0 saturated carbocycles. The van der Waals surface area contributed by atoms with Crippen molar-refractivity contribution in [3.63, 3.8) is 0 Å². The monoisotopic (exact) mass is 449 g/mol. The first-order valence-electron chi connectivity index (χ1n) is 10.0. The third-order valence-corrected chi connectivity index (χ3v) is 7.32. The molecule has 4 rings (SSSR count). The highest BCUT2D eigenvalue weighted by molar-refractivity contribution is 8.00. The first-order valence-corrected chi connectivity index (χ1v) is 11.7. The zero-order valence-electron chi connectivity index (χ0n) is 17.6. The van der Waals surface area contributed by atoms with E-state index in [1.165, 1.54) is 16.6 Å². The molecule has 2 aromatic carbocycles. The lowest BCUT2D eigenvalue weighted by atomic mass is 10.1. The molecule has 158 valence electrons. The minimum absolute atomic E-state index is 0.125. The number of hydrogen-bond donors (Lipinski definition) is 1. The van der Waals surface area contributed by atoms with Crippen LogP contribution in [0.5, 0.6) is 5.75 Å². The molecule has 1 atom stereocenters. The van der Waals surface area contributed by atoms with Gasteiger partial charge in [-0.2, -0.15) is 0 Å². The molecule has 0 fully saturated rings. The number of benzene rings is 2. The van der Waals surface area contributed by atoms with Gasteiger partial charge in [0.15, 0.2) is 0 Å². The number of thioether (sulfide) groups is 1. The van der Waals surface area contributed by atoms with Gasteiger partial charge in [-0.3, -0.25) is 4.79 Å². The van der Waals surface area contributed by atoms with E-state index in [9.17, 15) is 4.79 Å². The smallest absolute Gasteiger partial charge is 0.242 e. The summed E-state index contributed by atoms with van der Waals surface area (Å²) in [6.07, 6.45) is 1.57. The number of carbonyl (C=O) groups excluding carboxylic acids is 1. The predicted molar refractivity (Wildman–Crippen MR) is 128 cm³/mol. The molecule has 5 nitrogen and oxygen atoms in total. The number of aromatic nitrogens is 2. The van der Waals surface area contributed by atoms with Gasteiger partial charge in [0.25, 0.3) is 0 Å². The number of amides is 1. The molecule has 0 aliphatic carbocycles. The fourth-order valence-corrected chi connectivity index (χ4v) is 5.52. The van der Waals surface area contributed by atoms with E-state index in [1.54, 1.807) is 17.7 Å². The Morgan fingerprint density at radius 2 is 1.84 bits per heavy atom. The van der Waals surface area contributed by atoms with E-state index in [0.717, 1.165) is 26.4 Å². The largest absolute Gasteiger partial charge is 0.492 e. The van der Waals surface area contributed by atoms with Crippen molar-refractivity contribution in [2.75, 3.05) is 11.9 Å². The molecule has 0 saturated heterocycles. The van der Waals surface area contributed by atoms with E-state index in [2.05, 4.69) is 29.1 Å². The van der Waals surface area contributed by atoms with Crippen LogP contribution in [0.3, 0.4) is 0 Å². The Balaban J connectivity index is 1.71. The number of fused-ring (bicyclic) bond motifs is 1. The highest BCUT2D eigenvalue weighted by Gasteiger charge is 2.25. The maximum atomic E-state index is 13.5. The lowest BCUT2D eigenvalue weighted by Crippen LogP contribution is -2.19. The van der Waals surface area contributed by atoms with Crippen molar-refractivity contribution in [1.29, 1.82) is 0 Å². The molecule has 0 aliphatic heterocycles. The predicted octanol–water partition coefficient (Wildman–Crippen LogP) is 6.18.